The summed E-state index contributed by atoms with van der Waals surface area (Å²) in [5.74, 6) is 5.14. The van der Waals surface area contributed by atoms with Gasteiger partial charge in [-0.05, 0) is 24.1 Å². The standard InChI is InChI=1S/C13H15N5O/c14-18-12-4-6-16-9-11(12)13(19)17-7-3-10-2-1-5-15-8-10/h1-2,4-6,8-9H,3,7,14H2,(H,16,18)(H,17,19). The molecule has 4 N–H and O–H groups in total. The van der Waals surface area contributed by atoms with E-state index in [9.17, 15) is 4.79 Å². The summed E-state index contributed by atoms with van der Waals surface area (Å²) in [5.41, 5.74) is 4.53. The first kappa shape index (κ1) is 13.0. The highest BCUT2D eigenvalue weighted by Crippen LogP contribution is 2.11. The number of rotatable bonds is 5. The van der Waals surface area contributed by atoms with Gasteiger partial charge in [-0.2, -0.15) is 0 Å². The van der Waals surface area contributed by atoms with E-state index in [1.54, 1.807) is 24.7 Å². The molecule has 0 spiro atoms. The van der Waals surface area contributed by atoms with Crippen molar-refractivity contribution in [2.75, 3.05) is 12.0 Å². The lowest BCUT2D eigenvalue weighted by molar-refractivity contribution is 0.0954. The average Bonchev–Trinajstić information content (AvgIpc) is 2.48. The molecular formula is C13H15N5O. The molecule has 2 rings (SSSR count). The fourth-order valence-corrected chi connectivity index (χ4v) is 1.66. The van der Waals surface area contributed by atoms with E-state index in [-0.39, 0.29) is 5.91 Å². The lowest BCUT2D eigenvalue weighted by atomic mass is 10.2. The van der Waals surface area contributed by atoms with Crippen LogP contribution in [0.1, 0.15) is 15.9 Å². The second kappa shape index (κ2) is 6.46. The van der Waals surface area contributed by atoms with Gasteiger partial charge < -0.3 is 10.7 Å². The summed E-state index contributed by atoms with van der Waals surface area (Å²) in [6.45, 7) is 0.531. The van der Waals surface area contributed by atoms with Crippen molar-refractivity contribution >= 4 is 11.6 Å². The molecule has 0 fully saturated rings. The Morgan fingerprint density at radius 1 is 1.21 bits per heavy atom. The molecule has 98 valence electrons. The first-order valence-electron chi connectivity index (χ1n) is 5.89. The van der Waals surface area contributed by atoms with Gasteiger partial charge in [-0.15, -0.1) is 0 Å². The van der Waals surface area contributed by atoms with Crippen LogP contribution in [-0.2, 0) is 6.42 Å². The van der Waals surface area contributed by atoms with Gasteiger partial charge in [0.15, 0.2) is 0 Å². The van der Waals surface area contributed by atoms with Gasteiger partial charge in [-0.3, -0.25) is 20.6 Å². The second-order valence-corrected chi connectivity index (χ2v) is 3.93. The van der Waals surface area contributed by atoms with Gasteiger partial charge in [0.2, 0.25) is 0 Å². The first-order valence-corrected chi connectivity index (χ1v) is 5.89. The number of carbonyl (C=O) groups excluding carboxylic acids is 1. The van der Waals surface area contributed by atoms with Crippen molar-refractivity contribution in [3.05, 3.63) is 54.1 Å². The van der Waals surface area contributed by atoms with Gasteiger partial charge >= 0.3 is 0 Å². The zero-order valence-corrected chi connectivity index (χ0v) is 10.3. The Bertz CT molecular complexity index is 544. The number of nitrogens with two attached hydrogens (primary N) is 1. The predicted octanol–water partition coefficient (Wildman–Crippen LogP) is 0.735. The lowest BCUT2D eigenvalue weighted by Gasteiger charge is -2.08. The number of hydrogen-bond acceptors (Lipinski definition) is 5. The van der Waals surface area contributed by atoms with Crippen molar-refractivity contribution < 1.29 is 4.79 Å². The van der Waals surface area contributed by atoms with E-state index in [0.717, 1.165) is 12.0 Å². The van der Waals surface area contributed by atoms with Gasteiger partial charge in [0, 0.05) is 31.3 Å². The fraction of sp³-hybridized carbons (Fsp3) is 0.154. The minimum absolute atomic E-state index is 0.204. The summed E-state index contributed by atoms with van der Waals surface area (Å²) >= 11 is 0. The molecule has 19 heavy (non-hydrogen) atoms. The van der Waals surface area contributed by atoms with Crippen molar-refractivity contribution in [3.8, 4) is 0 Å². The number of hydrogen-bond donors (Lipinski definition) is 3. The molecule has 0 unspecified atom stereocenters. The molecule has 0 saturated heterocycles. The molecule has 0 aliphatic carbocycles. The maximum atomic E-state index is 12.0. The van der Waals surface area contributed by atoms with Crippen molar-refractivity contribution in [2.24, 2.45) is 5.84 Å². The number of anilines is 1. The smallest absolute Gasteiger partial charge is 0.255 e. The van der Waals surface area contributed by atoms with E-state index in [0.29, 0.717) is 17.8 Å². The molecule has 0 aliphatic rings. The number of nitrogen functional groups attached to an aromatic ring is 1. The van der Waals surface area contributed by atoms with Crippen LogP contribution in [0, 0.1) is 0 Å². The lowest BCUT2D eigenvalue weighted by Crippen LogP contribution is -2.27. The van der Waals surface area contributed by atoms with Gasteiger partial charge in [0.1, 0.15) is 0 Å². The number of aromatic nitrogens is 2. The average molecular weight is 257 g/mol. The first-order chi connectivity index (χ1) is 9.31. The molecule has 2 aromatic heterocycles. The van der Waals surface area contributed by atoms with Crippen LogP contribution in [0.2, 0.25) is 0 Å². The van der Waals surface area contributed by atoms with Crippen molar-refractivity contribution in [1.29, 1.82) is 0 Å². The van der Waals surface area contributed by atoms with Gasteiger partial charge in [0.05, 0.1) is 11.3 Å². The van der Waals surface area contributed by atoms with Gasteiger partial charge in [0.25, 0.3) is 5.91 Å². The summed E-state index contributed by atoms with van der Waals surface area (Å²) in [5, 5.41) is 2.82. The molecule has 6 nitrogen and oxygen atoms in total. The summed E-state index contributed by atoms with van der Waals surface area (Å²) in [6.07, 6.45) is 7.28. The van der Waals surface area contributed by atoms with Crippen LogP contribution in [0.5, 0.6) is 0 Å². The van der Waals surface area contributed by atoms with E-state index in [1.165, 1.54) is 6.20 Å². The van der Waals surface area contributed by atoms with Crippen LogP contribution >= 0.6 is 0 Å². The Balaban J connectivity index is 1.91. The molecule has 0 saturated carbocycles. The quantitative estimate of drug-likeness (QED) is 0.542. The largest absolute Gasteiger partial charge is 0.352 e. The van der Waals surface area contributed by atoms with Gasteiger partial charge in [-0.25, -0.2) is 0 Å². The zero-order chi connectivity index (χ0) is 13.5. The normalized spacial score (nSPS) is 9.95. The van der Waals surface area contributed by atoms with E-state index < -0.39 is 0 Å². The summed E-state index contributed by atoms with van der Waals surface area (Å²) < 4.78 is 0. The molecule has 0 atom stereocenters. The molecule has 0 aliphatic heterocycles. The molecule has 0 bridgehead atoms. The molecular weight excluding hydrogens is 242 g/mol. The summed E-state index contributed by atoms with van der Waals surface area (Å²) in [7, 11) is 0. The molecule has 0 aromatic carbocycles. The molecule has 6 heteroatoms. The monoisotopic (exact) mass is 257 g/mol. The van der Waals surface area contributed by atoms with Gasteiger partial charge in [-0.1, -0.05) is 6.07 Å². The third kappa shape index (κ3) is 3.49. The van der Waals surface area contributed by atoms with Crippen molar-refractivity contribution in [3.63, 3.8) is 0 Å². The number of hydrazine groups is 1. The second-order valence-electron chi connectivity index (χ2n) is 3.93. The predicted molar refractivity (Wildman–Crippen MR) is 72.3 cm³/mol. The zero-order valence-electron chi connectivity index (χ0n) is 10.3. The maximum absolute atomic E-state index is 12.0. The van der Waals surface area contributed by atoms with E-state index in [2.05, 4.69) is 20.7 Å². The minimum Gasteiger partial charge on any atom is -0.352 e. The highest BCUT2D eigenvalue weighted by atomic mass is 16.1. The Labute approximate surface area is 111 Å². The number of amides is 1. The van der Waals surface area contributed by atoms with Crippen LogP contribution in [-0.4, -0.2) is 22.4 Å². The molecule has 2 aromatic rings. The molecule has 1 amide bonds. The third-order valence-electron chi connectivity index (χ3n) is 2.64. The number of nitrogens with zero attached hydrogens (tertiary/aromatic N) is 2. The highest BCUT2D eigenvalue weighted by molar-refractivity contribution is 5.99. The van der Waals surface area contributed by atoms with Crippen LogP contribution in [0.25, 0.3) is 0 Å². The van der Waals surface area contributed by atoms with Crippen LogP contribution in [0.3, 0.4) is 0 Å². The Morgan fingerprint density at radius 3 is 2.79 bits per heavy atom. The van der Waals surface area contributed by atoms with Crippen molar-refractivity contribution in [1.82, 2.24) is 15.3 Å². The van der Waals surface area contributed by atoms with E-state index in [4.69, 9.17) is 5.84 Å². The number of carbonyl (C=O) groups is 1. The van der Waals surface area contributed by atoms with Crippen LogP contribution < -0.4 is 16.6 Å². The maximum Gasteiger partial charge on any atom is 0.255 e. The van der Waals surface area contributed by atoms with Crippen LogP contribution in [0.15, 0.2) is 43.0 Å². The van der Waals surface area contributed by atoms with E-state index >= 15 is 0 Å². The Kier molecular flexibility index (Phi) is 4.41. The minimum atomic E-state index is -0.204. The highest BCUT2D eigenvalue weighted by Gasteiger charge is 2.09. The number of pyridine rings is 2. The van der Waals surface area contributed by atoms with Crippen LogP contribution in [0.4, 0.5) is 5.69 Å². The Morgan fingerprint density at radius 2 is 2.05 bits per heavy atom. The number of nitrogens with one attached hydrogen (secondary N) is 2. The fourth-order valence-electron chi connectivity index (χ4n) is 1.66. The molecule has 0 radical (unpaired) electrons. The Hall–Kier alpha value is -2.47. The SMILES string of the molecule is NNc1ccncc1C(=O)NCCc1cccnc1. The summed E-state index contributed by atoms with van der Waals surface area (Å²) in [6, 6.07) is 5.49. The van der Waals surface area contributed by atoms with E-state index in [1.807, 2.05) is 12.1 Å². The van der Waals surface area contributed by atoms with Crippen molar-refractivity contribution in [2.45, 2.75) is 6.42 Å². The summed E-state index contributed by atoms with van der Waals surface area (Å²) in [4.78, 5) is 19.9. The molecule has 2 heterocycles. The topological polar surface area (TPSA) is 92.9 Å². The third-order valence-corrected chi connectivity index (χ3v) is 2.64.